The summed E-state index contributed by atoms with van der Waals surface area (Å²) in [6.45, 7) is 7.57. The van der Waals surface area contributed by atoms with Crippen LogP contribution in [0.15, 0.2) is 12.7 Å². The van der Waals surface area contributed by atoms with Crippen LogP contribution < -0.4 is 0 Å². The fourth-order valence-corrected chi connectivity index (χ4v) is 1.16. The Bertz CT molecular complexity index is 152. The van der Waals surface area contributed by atoms with Crippen LogP contribution in [-0.4, -0.2) is 12.1 Å². The van der Waals surface area contributed by atoms with Gasteiger partial charge in [0.1, 0.15) is 6.10 Å². The third-order valence-corrected chi connectivity index (χ3v) is 1.89. The Morgan fingerprint density at radius 3 is 2.62 bits per heavy atom. The number of hydrogen-bond acceptors (Lipinski definition) is 2. The van der Waals surface area contributed by atoms with Gasteiger partial charge in [0.15, 0.2) is 0 Å². The smallest absolute Gasteiger partial charge is 0.305 e. The zero-order chi connectivity index (χ0) is 10.1. The molecule has 0 aliphatic carbocycles. The number of carbonyl (C=O) groups excluding carboxylic acids is 1. The van der Waals surface area contributed by atoms with Crippen molar-refractivity contribution in [2.45, 2.75) is 52.1 Å². The van der Waals surface area contributed by atoms with E-state index in [9.17, 15) is 4.79 Å². The van der Waals surface area contributed by atoms with Gasteiger partial charge in [0, 0.05) is 6.42 Å². The van der Waals surface area contributed by atoms with Crippen molar-refractivity contribution in [1.29, 1.82) is 0 Å². The number of rotatable bonds is 7. The number of esters is 1. The Hall–Kier alpha value is -0.790. The molecule has 1 unspecified atom stereocenters. The van der Waals surface area contributed by atoms with E-state index in [2.05, 4.69) is 13.5 Å². The highest BCUT2D eigenvalue weighted by Crippen LogP contribution is 2.10. The maximum Gasteiger partial charge on any atom is 0.305 e. The Labute approximate surface area is 81.0 Å². The van der Waals surface area contributed by atoms with Crippen LogP contribution in [0.2, 0.25) is 0 Å². The van der Waals surface area contributed by atoms with Gasteiger partial charge < -0.3 is 4.74 Å². The minimum absolute atomic E-state index is 0.0930. The number of carbonyl (C=O) groups is 1. The van der Waals surface area contributed by atoms with Gasteiger partial charge in [-0.2, -0.15) is 0 Å². The molecule has 0 N–H and O–H groups in total. The van der Waals surface area contributed by atoms with E-state index in [4.69, 9.17) is 4.74 Å². The van der Waals surface area contributed by atoms with E-state index < -0.39 is 0 Å². The van der Waals surface area contributed by atoms with Crippen molar-refractivity contribution in [2.24, 2.45) is 0 Å². The van der Waals surface area contributed by atoms with E-state index in [1.54, 1.807) is 0 Å². The number of hydrogen-bond donors (Lipinski definition) is 0. The molecule has 0 aliphatic rings. The molecule has 0 aromatic heterocycles. The van der Waals surface area contributed by atoms with Crippen LogP contribution >= 0.6 is 0 Å². The molecule has 0 aromatic rings. The van der Waals surface area contributed by atoms with Crippen molar-refractivity contribution >= 4 is 5.97 Å². The molecular weight excluding hydrogens is 164 g/mol. The van der Waals surface area contributed by atoms with E-state index >= 15 is 0 Å². The second-order valence-corrected chi connectivity index (χ2v) is 3.12. The molecule has 0 aliphatic heterocycles. The standard InChI is InChI=1S/C11H20O2/c1-4-7-9-10(8-5-2)13-11(12)6-3/h4,10H,1,5-9H2,2-3H3. The summed E-state index contributed by atoms with van der Waals surface area (Å²) in [6, 6.07) is 0. The maximum absolute atomic E-state index is 11.0. The van der Waals surface area contributed by atoms with E-state index in [-0.39, 0.29) is 12.1 Å². The van der Waals surface area contributed by atoms with E-state index in [1.165, 1.54) is 0 Å². The molecule has 0 radical (unpaired) electrons. The lowest BCUT2D eigenvalue weighted by molar-refractivity contribution is -0.149. The Balaban J connectivity index is 3.78. The molecule has 0 bridgehead atoms. The minimum Gasteiger partial charge on any atom is -0.462 e. The van der Waals surface area contributed by atoms with Crippen molar-refractivity contribution in [2.75, 3.05) is 0 Å². The summed E-state index contributed by atoms with van der Waals surface area (Å²) < 4.78 is 5.26. The van der Waals surface area contributed by atoms with E-state index in [0.717, 1.165) is 25.7 Å². The highest BCUT2D eigenvalue weighted by molar-refractivity contribution is 5.69. The summed E-state index contributed by atoms with van der Waals surface area (Å²) in [5.41, 5.74) is 0. The Morgan fingerprint density at radius 1 is 1.46 bits per heavy atom. The first-order valence-corrected chi connectivity index (χ1v) is 5.04. The van der Waals surface area contributed by atoms with Crippen LogP contribution in [0.5, 0.6) is 0 Å². The molecule has 13 heavy (non-hydrogen) atoms. The van der Waals surface area contributed by atoms with Gasteiger partial charge in [-0.3, -0.25) is 4.79 Å². The van der Waals surface area contributed by atoms with E-state index in [1.807, 2.05) is 13.0 Å². The molecule has 0 rings (SSSR count). The highest BCUT2D eigenvalue weighted by atomic mass is 16.5. The highest BCUT2D eigenvalue weighted by Gasteiger charge is 2.10. The third kappa shape index (κ3) is 6.38. The first-order valence-electron chi connectivity index (χ1n) is 5.04. The van der Waals surface area contributed by atoms with Gasteiger partial charge in [-0.05, 0) is 19.3 Å². The number of allylic oxidation sites excluding steroid dienone is 1. The van der Waals surface area contributed by atoms with Gasteiger partial charge >= 0.3 is 5.97 Å². The molecule has 0 amide bonds. The molecule has 0 aromatic carbocycles. The van der Waals surface area contributed by atoms with Crippen molar-refractivity contribution in [3.05, 3.63) is 12.7 Å². The summed E-state index contributed by atoms with van der Waals surface area (Å²) in [7, 11) is 0. The zero-order valence-electron chi connectivity index (χ0n) is 8.71. The normalized spacial score (nSPS) is 12.2. The fourth-order valence-electron chi connectivity index (χ4n) is 1.16. The fraction of sp³-hybridized carbons (Fsp3) is 0.727. The van der Waals surface area contributed by atoms with Crippen LogP contribution in [0.1, 0.15) is 46.0 Å². The Morgan fingerprint density at radius 2 is 2.15 bits per heavy atom. The zero-order valence-corrected chi connectivity index (χ0v) is 8.71. The maximum atomic E-state index is 11.0. The summed E-state index contributed by atoms with van der Waals surface area (Å²) in [5.74, 6) is -0.0949. The Kier molecular flexibility index (Phi) is 7.36. The third-order valence-electron chi connectivity index (χ3n) is 1.89. The average Bonchev–Trinajstić information content (AvgIpc) is 2.14. The molecule has 76 valence electrons. The minimum atomic E-state index is -0.0949. The van der Waals surface area contributed by atoms with Crippen LogP contribution in [-0.2, 0) is 9.53 Å². The van der Waals surface area contributed by atoms with Crippen molar-refractivity contribution in [3.8, 4) is 0 Å². The first-order chi connectivity index (χ1) is 6.24. The molecule has 0 fully saturated rings. The van der Waals surface area contributed by atoms with Gasteiger partial charge in [0.25, 0.3) is 0 Å². The monoisotopic (exact) mass is 184 g/mol. The predicted octanol–water partition coefficient (Wildman–Crippen LogP) is 3.07. The lowest BCUT2D eigenvalue weighted by Crippen LogP contribution is -2.17. The molecule has 0 saturated heterocycles. The summed E-state index contributed by atoms with van der Waals surface area (Å²) >= 11 is 0. The molecule has 0 spiro atoms. The van der Waals surface area contributed by atoms with Gasteiger partial charge in [0.2, 0.25) is 0 Å². The molecule has 0 heterocycles. The van der Waals surface area contributed by atoms with Gasteiger partial charge in [-0.1, -0.05) is 26.3 Å². The summed E-state index contributed by atoms with van der Waals surface area (Å²) in [6.07, 6.45) is 6.26. The molecule has 2 nitrogen and oxygen atoms in total. The van der Waals surface area contributed by atoms with E-state index in [0.29, 0.717) is 6.42 Å². The molecule has 0 saturated carbocycles. The topological polar surface area (TPSA) is 26.3 Å². The van der Waals surface area contributed by atoms with Crippen molar-refractivity contribution in [1.82, 2.24) is 0 Å². The largest absolute Gasteiger partial charge is 0.462 e. The van der Waals surface area contributed by atoms with Crippen LogP contribution in [0.3, 0.4) is 0 Å². The SMILES string of the molecule is C=CCCC(CCC)OC(=O)CC. The van der Waals surface area contributed by atoms with Crippen molar-refractivity contribution < 1.29 is 9.53 Å². The summed E-state index contributed by atoms with van der Waals surface area (Å²) in [5, 5.41) is 0. The lowest BCUT2D eigenvalue weighted by atomic mass is 10.1. The van der Waals surface area contributed by atoms with Gasteiger partial charge in [0.05, 0.1) is 0 Å². The number of ether oxygens (including phenoxy) is 1. The molecule has 2 heteroatoms. The second-order valence-electron chi connectivity index (χ2n) is 3.12. The molecular formula is C11H20O2. The average molecular weight is 184 g/mol. The predicted molar refractivity (Wildman–Crippen MR) is 54.5 cm³/mol. The van der Waals surface area contributed by atoms with Crippen LogP contribution in [0.25, 0.3) is 0 Å². The van der Waals surface area contributed by atoms with Crippen LogP contribution in [0.4, 0.5) is 0 Å². The quantitative estimate of drug-likeness (QED) is 0.449. The second kappa shape index (κ2) is 7.84. The summed E-state index contributed by atoms with van der Waals surface area (Å²) in [4.78, 5) is 11.0. The van der Waals surface area contributed by atoms with Crippen LogP contribution in [0, 0.1) is 0 Å². The van der Waals surface area contributed by atoms with Gasteiger partial charge in [-0.25, -0.2) is 0 Å². The lowest BCUT2D eigenvalue weighted by Gasteiger charge is -2.15. The first kappa shape index (κ1) is 12.2. The molecule has 1 atom stereocenters. The van der Waals surface area contributed by atoms with Crippen molar-refractivity contribution in [3.63, 3.8) is 0 Å². The van der Waals surface area contributed by atoms with Gasteiger partial charge in [-0.15, -0.1) is 6.58 Å².